The highest BCUT2D eigenvalue weighted by molar-refractivity contribution is 6.35. The number of carboxylic acid groups (broad SMARTS) is 1. The fraction of sp³-hybridized carbons (Fsp3) is 0.222. The monoisotopic (exact) mass is 419 g/mol. The molecule has 0 saturated carbocycles. The minimum absolute atomic E-state index is 0.0821. The van der Waals surface area contributed by atoms with Crippen LogP contribution >= 0.6 is 23.2 Å². The molecule has 0 saturated heterocycles. The average Bonchev–Trinajstić information content (AvgIpc) is 2.62. The van der Waals surface area contributed by atoms with Gasteiger partial charge in [-0.2, -0.15) is 0 Å². The lowest BCUT2D eigenvalue weighted by Crippen LogP contribution is -2.41. The molecule has 28 heavy (non-hydrogen) atoms. The second-order valence-corrected chi connectivity index (χ2v) is 7.12. The molecule has 0 fully saturated rings. The standard InChI is InChI=1S/C18H15Cl2N5O3/c19-10-6-12(20)17-13(7-10)22-15(18(27)28)8-14(17)23-16(26)5-9-1-3-11(4-2-9)24-25-21/h1-4,6-7,14-15,22H,5,8H2,(H,23,26)(H,27,28). The number of carbonyl (C=O) groups excluding carboxylic acids is 1. The molecule has 3 N–H and O–H groups in total. The van der Waals surface area contributed by atoms with Crippen molar-refractivity contribution in [2.24, 2.45) is 5.11 Å². The Labute approximate surface area is 170 Å². The van der Waals surface area contributed by atoms with Crippen LogP contribution in [0.5, 0.6) is 0 Å². The lowest BCUT2D eigenvalue weighted by Gasteiger charge is -2.32. The number of carboxylic acids is 1. The zero-order valence-electron chi connectivity index (χ0n) is 14.4. The SMILES string of the molecule is [N-]=[N+]=Nc1ccc(CC(=O)NC2CC(C(=O)O)Nc3cc(Cl)cc(Cl)c32)cc1. The van der Waals surface area contributed by atoms with Gasteiger partial charge in [-0.05, 0) is 23.2 Å². The molecule has 2 atom stereocenters. The number of carbonyl (C=O) groups is 2. The van der Waals surface area contributed by atoms with Crippen LogP contribution in [0.25, 0.3) is 10.4 Å². The summed E-state index contributed by atoms with van der Waals surface area (Å²) in [6, 6.07) is 8.29. The Morgan fingerprint density at radius 2 is 2.00 bits per heavy atom. The maximum atomic E-state index is 12.5. The summed E-state index contributed by atoms with van der Waals surface area (Å²) in [6.45, 7) is 0. The predicted octanol–water partition coefficient (Wildman–Crippen LogP) is 4.60. The van der Waals surface area contributed by atoms with Crippen molar-refractivity contribution in [1.29, 1.82) is 0 Å². The van der Waals surface area contributed by atoms with E-state index in [1.807, 2.05) is 0 Å². The second-order valence-electron chi connectivity index (χ2n) is 6.27. The normalized spacial score (nSPS) is 17.6. The number of nitrogens with zero attached hydrogens (tertiary/aromatic N) is 3. The summed E-state index contributed by atoms with van der Waals surface area (Å²) in [5.74, 6) is -1.32. The maximum Gasteiger partial charge on any atom is 0.326 e. The van der Waals surface area contributed by atoms with Crippen LogP contribution in [0.15, 0.2) is 41.5 Å². The molecule has 2 aromatic carbocycles. The van der Waals surface area contributed by atoms with E-state index in [0.717, 1.165) is 5.56 Å². The number of hydrogen-bond acceptors (Lipinski definition) is 4. The van der Waals surface area contributed by atoms with E-state index in [2.05, 4.69) is 20.7 Å². The molecular formula is C18H15Cl2N5O3. The molecule has 1 heterocycles. The fourth-order valence-electron chi connectivity index (χ4n) is 3.12. The molecule has 0 spiro atoms. The number of rotatable bonds is 5. The third-order valence-electron chi connectivity index (χ3n) is 4.34. The van der Waals surface area contributed by atoms with Crippen LogP contribution in [0.2, 0.25) is 10.0 Å². The van der Waals surface area contributed by atoms with E-state index in [1.54, 1.807) is 36.4 Å². The molecule has 0 bridgehead atoms. The van der Waals surface area contributed by atoms with Crippen molar-refractivity contribution in [3.63, 3.8) is 0 Å². The Morgan fingerprint density at radius 3 is 2.64 bits per heavy atom. The molecule has 1 amide bonds. The molecule has 2 unspecified atom stereocenters. The van der Waals surface area contributed by atoms with Gasteiger partial charge >= 0.3 is 5.97 Å². The number of nitrogens with one attached hydrogen (secondary N) is 2. The van der Waals surface area contributed by atoms with Crippen molar-refractivity contribution in [1.82, 2.24) is 5.32 Å². The molecule has 10 heteroatoms. The van der Waals surface area contributed by atoms with Gasteiger partial charge in [-0.1, -0.05) is 52.6 Å². The summed E-state index contributed by atoms with van der Waals surface area (Å²) < 4.78 is 0. The number of aliphatic carboxylic acids is 1. The highest BCUT2D eigenvalue weighted by atomic mass is 35.5. The summed E-state index contributed by atoms with van der Waals surface area (Å²) in [5, 5.41) is 19.3. The van der Waals surface area contributed by atoms with Crippen molar-refractivity contribution >= 4 is 46.5 Å². The maximum absolute atomic E-state index is 12.5. The number of benzene rings is 2. The van der Waals surface area contributed by atoms with E-state index in [4.69, 9.17) is 28.7 Å². The molecule has 144 valence electrons. The highest BCUT2D eigenvalue weighted by Crippen LogP contribution is 2.39. The molecular weight excluding hydrogens is 405 g/mol. The summed E-state index contributed by atoms with van der Waals surface area (Å²) >= 11 is 12.3. The molecule has 8 nitrogen and oxygen atoms in total. The van der Waals surface area contributed by atoms with Crippen molar-refractivity contribution in [3.8, 4) is 0 Å². The van der Waals surface area contributed by atoms with Gasteiger partial charge in [0.25, 0.3) is 0 Å². The topological polar surface area (TPSA) is 127 Å². The lowest BCUT2D eigenvalue weighted by atomic mass is 9.92. The van der Waals surface area contributed by atoms with Crippen LogP contribution in [-0.2, 0) is 16.0 Å². The first-order valence-electron chi connectivity index (χ1n) is 8.29. The minimum atomic E-state index is -1.03. The number of hydrogen-bond donors (Lipinski definition) is 3. The van der Waals surface area contributed by atoms with E-state index >= 15 is 0 Å². The van der Waals surface area contributed by atoms with Crippen LogP contribution in [-0.4, -0.2) is 23.0 Å². The Balaban J connectivity index is 1.79. The van der Waals surface area contributed by atoms with Gasteiger partial charge in [0.1, 0.15) is 6.04 Å². The van der Waals surface area contributed by atoms with Crippen LogP contribution < -0.4 is 10.6 Å². The van der Waals surface area contributed by atoms with E-state index < -0.39 is 18.1 Å². The van der Waals surface area contributed by atoms with Crippen molar-refractivity contribution in [2.45, 2.75) is 24.9 Å². The Kier molecular flexibility index (Phi) is 5.94. The number of anilines is 1. The first-order valence-corrected chi connectivity index (χ1v) is 9.04. The van der Waals surface area contributed by atoms with E-state index in [0.29, 0.717) is 27.0 Å². The average molecular weight is 420 g/mol. The zero-order chi connectivity index (χ0) is 20.3. The smallest absolute Gasteiger partial charge is 0.326 e. The third kappa shape index (κ3) is 4.48. The molecule has 0 aliphatic carbocycles. The minimum Gasteiger partial charge on any atom is -0.480 e. The fourth-order valence-corrected chi connectivity index (χ4v) is 3.74. The summed E-state index contributed by atoms with van der Waals surface area (Å²) in [6.07, 6.45) is 0.226. The Hall–Kier alpha value is -2.93. The number of amides is 1. The van der Waals surface area contributed by atoms with E-state index in [-0.39, 0.29) is 18.7 Å². The molecule has 1 aliphatic heterocycles. The van der Waals surface area contributed by atoms with Crippen LogP contribution in [0.3, 0.4) is 0 Å². The summed E-state index contributed by atoms with van der Waals surface area (Å²) in [5.41, 5.74) is 10.7. The van der Waals surface area contributed by atoms with E-state index in [1.165, 1.54) is 0 Å². The van der Waals surface area contributed by atoms with Gasteiger partial charge < -0.3 is 15.7 Å². The molecule has 3 rings (SSSR count). The highest BCUT2D eigenvalue weighted by Gasteiger charge is 2.33. The van der Waals surface area contributed by atoms with Gasteiger partial charge in [0.05, 0.1) is 12.5 Å². The van der Waals surface area contributed by atoms with Gasteiger partial charge in [0, 0.05) is 38.3 Å². The van der Waals surface area contributed by atoms with Gasteiger partial charge in [-0.3, -0.25) is 4.79 Å². The predicted molar refractivity (Wildman–Crippen MR) is 106 cm³/mol. The first kappa shape index (κ1) is 19.8. The summed E-state index contributed by atoms with van der Waals surface area (Å²) in [4.78, 5) is 26.7. The van der Waals surface area contributed by atoms with Gasteiger partial charge in [0.15, 0.2) is 0 Å². The largest absolute Gasteiger partial charge is 0.480 e. The number of halogens is 2. The second kappa shape index (κ2) is 8.39. The first-order chi connectivity index (χ1) is 13.4. The van der Waals surface area contributed by atoms with Crippen molar-refractivity contribution in [3.05, 3.63) is 68.0 Å². The quantitative estimate of drug-likeness (QED) is 0.371. The zero-order valence-corrected chi connectivity index (χ0v) is 15.9. The van der Waals surface area contributed by atoms with E-state index in [9.17, 15) is 14.7 Å². The Bertz CT molecular complexity index is 974. The van der Waals surface area contributed by atoms with Gasteiger partial charge in [0.2, 0.25) is 5.91 Å². The van der Waals surface area contributed by atoms with Gasteiger partial charge in [-0.25, -0.2) is 4.79 Å². The van der Waals surface area contributed by atoms with Crippen LogP contribution in [0.1, 0.15) is 23.6 Å². The summed E-state index contributed by atoms with van der Waals surface area (Å²) in [7, 11) is 0. The molecule has 0 radical (unpaired) electrons. The number of fused-ring (bicyclic) bond motifs is 1. The lowest BCUT2D eigenvalue weighted by molar-refractivity contribution is -0.138. The molecule has 0 aromatic heterocycles. The van der Waals surface area contributed by atoms with Gasteiger partial charge in [-0.15, -0.1) is 0 Å². The van der Waals surface area contributed by atoms with Crippen molar-refractivity contribution < 1.29 is 14.7 Å². The molecule has 1 aliphatic rings. The van der Waals surface area contributed by atoms with Crippen LogP contribution in [0, 0.1) is 0 Å². The van der Waals surface area contributed by atoms with Crippen LogP contribution in [0.4, 0.5) is 11.4 Å². The Morgan fingerprint density at radius 1 is 1.29 bits per heavy atom. The van der Waals surface area contributed by atoms with Crippen molar-refractivity contribution in [2.75, 3.05) is 5.32 Å². The third-order valence-corrected chi connectivity index (χ3v) is 4.87. The number of azide groups is 1. The molecule has 2 aromatic rings.